The van der Waals surface area contributed by atoms with E-state index in [4.69, 9.17) is 16.3 Å². The van der Waals surface area contributed by atoms with Crippen LogP contribution in [0.2, 0.25) is 5.02 Å². The minimum Gasteiger partial charge on any atom is -0.496 e. The van der Waals surface area contributed by atoms with Crippen molar-refractivity contribution in [3.8, 4) is 5.75 Å². The standard InChI is InChI=1S/C11H14ClNO.ClH/c1-14-11-5-4-8(12)7-9(11)10-3-2-6-13-10;/h4-5,7,10,13H,2-3,6H2,1H3;1H/t10-;/m1./s1. The van der Waals surface area contributed by atoms with Crippen LogP contribution in [0.1, 0.15) is 24.4 Å². The van der Waals surface area contributed by atoms with Crippen LogP contribution in [0.3, 0.4) is 0 Å². The molecule has 1 fully saturated rings. The molecule has 1 aliphatic rings. The van der Waals surface area contributed by atoms with Gasteiger partial charge in [0.1, 0.15) is 5.75 Å². The van der Waals surface area contributed by atoms with E-state index in [2.05, 4.69) is 5.32 Å². The second-order valence-corrected chi connectivity index (χ2v) is 3.97. The van der Waals surface area contributed by atoms with Gasteiger partial charge in [0.2, 0.25) is 0 Å². The molecule has 1 aromatic carbocycles. The molecule has 0 saturated carbocycles. The maximum absolute atomic E-state index is 5.97. The summed E-state index contributed by atoms with van der Waals surface area (Å²) in [4.78, 5) is 0. The second-order valence-electron chi connectivity index (χ2n) is 3.54. The van der Waals surface area contributed by atoms with Crippen molar-refractivity contribution in [2.75, 3.05) is 13.7 Å². The van der Waals surface area contributed by atoms with Crippen molar-refractivity contribution in [1.29, 1.82) is 0 Å². The molecule has 0 unspecified atom stereocenters. The normalized spacial score (nSPS) is 19.7. The third-order valence-corrected chi connectivity index (χ3v) is 2.86. The summed E-state index contributed by atoms with van der Waals surface area (Å²) in [7, 11) is 1.70. The Kier molecular flexibility index (Phi) is 4.71. The first-order valence-electron chi connectivity index (χ1n) is 4.88. The van der Waals surface area contributed by atoms with E-state index in [1.807, 2.05) is 18.2 Å². The molecule has 0 spiro atoms. The molecule has 1 aromatic rings. The highest BCUT2D eigenvalue weighted by Crippen LogP contribution is 2.32. The summed E-state index contributed by atoms with van der Waals surface area (Å²) >= 11 is 5.97. The van der Waals surface area contributed by atoms with Gasteiger partial charge < -0.3 is 10.1 Å². The fourth-order valence-corrected chi connectivity index (χ4v) is 2.11. The number of hydrogen-bond donors (Lipinski definition) is 1. The summed E-state index contributed by atoms with van der Waals surface area (Å²) in [6, 6.07) is 6.18. The van der Waals surface area contributed by atoms with Gasteiger partial charge in [-0.25, -0.2) is 0 Å². The van der Waals surface area contributed by atoms with Crippen molar-refractivity contribution in [1.82, 2.24) is 5.32 Å². The van der Waals surface area contributed by atoms with Gasteiger partial charge in [0.25, 0.3) is 0 Å². The summed E-state index contributed by atoms with van der Waals surface area (Å²) in [5, 5.41) is 4.21. The van der Waals surface area contributed by atoms with Crippen LogP contribution in [0.4, 0.5) is 0 Å². The number of benzene rings is 1. The summed E-state index contributed by atoms with van der Waals surface area (Å²) < 4.78 is 5.31. The van der Waals surface area contributed by atoms with E-state index in [1.165, 1.54) is 12.0 Å². The molecule has 4 heteroatoms. The average Bonchev–Trinajstić information content (AvgIpc) is 2.70. The number of ether oxygens (including phenoxy) is 1. The monoisotopic (exact) mass is 247 g/mol. The van der Waals surface area contributed by atoms with E-state index in [-0.39, 0.29) is 12.4 Å². The lowest BCUT2D eigenvalue weighted by Gasteiger charge is -2.15. The van der Waals surface area contributed by atoms with Gasteiger partial charge in [-0.2, -0.15) is 0 Å². The third-order valence-electron chi connectivity index (χ3n) is 2.63. The maximum atomic E-state index is 5.97. The molecule has 0 bridgehead atoms. The van der Waals surface area contributed by atoms with E-state index in [1.54, 1.807) is 7.11 Å². The number of nitrogens with one attached hydrogen (secondary N) is 1. The van der Waals surface area contributed by atoms with Crippen LogP contribution in [-0.4, -0.2) is 13.7 Å². The Bertz CT molecular complexity index is 324. The summed E-state index contributed by atoms with van der Waals surface area (Å²) in [5.41, 5.74) is 1.18. The fourth-order valence-electron chi connectivity index (χ4n) is 1.93. The van der Waals surface area contributed by atoms with Gasteiger partial charge in [-0.1, -0.05) is 11.6 Å². The Morgan fingerprint density at radius 2 is 2.27 bits per heavy atom. The van der Waals surface area contributed by atoms with E-state index in [9.17, 15) is 0 Å². The predicted molar refractivity (Wildman–Crippen MR) is 65.2 cm³/mol. The lowest BCUT2D eigenvalue weighted by Crippen LogP contribution is -2.13. The number of rotatable bonds is 2. The van der Waals surface area contributed by atoms with Gasteiger partial charge >= 0.3 is 0 Å². The highest BCUT2D eigenvalue weighted by molar-refractivity contribution is 6.30. The smallest absolute Gasteiger partial charge is 0.123 e. The molecule has 0 amide bonds. The topological polar surface area (TPSA) is 21.3 Å². The molecule has 0 aliphatic carbocycles. The number of hydrogen-bond acceptors (Lipinski definition) is 2. The van der Waals surface area contributed by atoms with Gasteiger partial charge in [-0.15, -0.1) is 12.4 Å². The van der Waals surface area contributed by atoms with Crippen molar-refractivity contribution in [2.24, 2.45) is 0 Å². The zero-order valence-corrected chi connectivity index (χ0v) is 10.2. The molecule has 2 rings (SSSR count). The maximum Gasteiger partial charge on any atom is 0.123 e. The van der Waals surface area contributed by atoms with Gasteiger partial charge in [-0.3, -0.25) is 0 Å². The van der Waals surface area contributed by atoms with E-state index in [0.717, 1.165) is 23.7 Å². The van der Waals surface area contributed by atoms with Crippen molar-refractivity contribution in [2.45, 2.75) is 18.9 Å². The highest BCUT2D eigenvalue weighted by Gasteiger charge is 2.19. The largest absolute Gasteiger partial charge is 0.496 e. The zero-order valence-electron chi connectivity index (χ0n) is 8.63. The Balaban J connectivity index is 0.00000112. The van der Waals surface area contributed by atoms with Crippen LogP contribution in [0.25, 0.3) is 0 Å². The van der Waals surface area contributed by atoms with Crippen LogP contribution in [-0.2, 0) is 0 Å². The van der Waals surface area contributed by atoms with Crippen molar-refractivity contribution < 1.29 is 4.74 Å². The molecule has 1 N–H and O–H groups in total. The minimum absolute atomic E-state index is 0. The van der Waals surface area contributed by atoms with Crippen LogP contribution in [0.15, 0.2) is 18.2 Å². The van der Waals surface area contributed by atoms with Crippen LogP contribution < -0.4 is 10.1 Å². The molecule has 2 nitrogen and oxygen atoms in total. The summed E-state index contributed by atoms with van der Waals surface area (Å²) in [6.45, 7) is 1.08. The number of halogens is 2. The molecule has 1 aliphatic heterocycles. The van der Waals surface area contributed by atoms with Crippen molar-refractivity contribution in [3.63, 3.8) is 0 Å². The van der Waals surface area contributed by atoms with Gasteiger partial charge in [0.05, 0.1) is 7.11 Å². The first-order chi connectivity index (χ1) is 6.81. The van der Waals surface area contributed by atoms with Gasteiger partial charge in [0.15, 0.2) is 0 Å². The summed E-state index contributed by atoms with van der Waals surface area (Å²) in [6.07, 6.45) is 2.39. The Hall–Kier alpha value is -0.440. The minimum atomic E-state index is 0. The van der Waals surface area contributed by atoms with E-state index in [0.29, 0.717) is 6.04 Å². The molecular formula is C11H15Cl2NO. The fraction of sp³-hybridized carbons (Fsp3) is 0.455. The SMILES string of the molecule is COc1ccc(Cl)cc1[C@H]1CCCN1.Cl. The van der Waals surface area contributed by atoms with E-state index < -0.39 is 0 Å². The van der Waals surface area contributed by atoms with Gasteiger partial charge in [-0.05, 0) is 37.6 Å². The molecule has 0 radical (unpaired) electrons. The van der Waals surface area contributed by atoms with E-state index >= 15 is 0 Å². The third kappa shape index (κ3) is 2.77. The zero-order chi connectivity index (χ0) is 9.97. The van der Waals surface area contributed by atoms with Crippen LogP contribution >= 0.6 is 24.0 Å². The summed E-state index contributed by atoms with van der Waals surface area (Å²) in [5.74, 6) is 0.925. The average molecular weight is 248 g/mol. The first kappa shape index (κ1) is 12.6. The molecular weight excluding hydrogens is 233 g/mol. The molecule has 84 valence electrons. The highest BCUT2D eigenvalue weighted by atomic mass is 35.5. The second kappa shape index (κ2) is 5.59. The van der Waals surface area contributed by atoms with Gasteiger partial charge in [0, 0.05) is 16.6 Å². The Morgan fingerprint density at radius 1 is 1.47 bits per heavy atom. The molecule has 1 saturated heterocycles. The Labute approximate surface area is 101 Å². The first-order valence-corrected chi connectivity index (χ1v) is 5.26. The van der Waals surface area contributed by atoms with Crippen molar-refractivity contribution >= 4 is 24.0 Å². The Morgan fingerprint density at radius 3 is 2.87 bits per heavy atom. The lowest BCUT2D eigenvalue weighted by molar-refractivity contribution is 0.403. The quantitative estimate of drug-likeness (QED) is 0.867. The molecule has 15 heavy (non-hydrogen) atoms. The molecule has 1 heterocycles. The lowest BCUT2D eigenvalue weighted by atomic mass is 10.0. The predicted octanol–water partition coefficient (Wildman–Crippen LogP) is 3.19. The van der Waals surface area contributed by atoms with Crippen LogP contribution in [0, 0.1) is 0 Å². The van der Waals surface area contributed by atoms with Crippen LogP contribution in [0.5, 0.6) is 5.75 Å². The number of methoxy groups -OCH3 is 1. The molecule has 1 atom stereocenters. The molecule has 0 aromatic heterocycles. The van der Waals surface area contributed by atoms with Crippen molar-refractivity contribution in [3.05, 3.63) is 28.8 Å².